The van der Waals surface area contributed by atoms with Crippen LogP contribution in [0, 0.1) is 0 Å². The van der Waals surface area contributed by atoms with Gasteiger partial charge >= 0.3 is 5.97 Å². The monoisotopic (exact) mass is 187 g/mol. The number of carbonyl (C=O) groups is 1. The average molecular weight is 187 g/mol. The minimum atomic E-state index is -1.47. The Morgan fingerprint density at radius 1 is 1.69 bits per heavy atom. The summed E-state index contributed by atoms with van der Waals surface area (Å²) in [6, 6.07) is 0. The van der Waals surface area contributed by atoms with Crippen molar-refractivity contribution in [3.05, 3.63) is 12.2 Å². The summed E-state index contributed by atoms with van der Waals surface area (Å²) in [5.74, 6) is -0.637. The highest BCUT2D eigenvalue weighted by Crippen LogP contribution is 2.03. The molecule has 0 aromatic carbocycles. The van der Waals surface area contributed by atoms with Gasteiger partial charge in [0, 0.05) is 13.1 Å². The quantitative estimate of drug-likeness (QED) is 0.472. The fourth-order valence-corrected chi connectivity index (χ4v) is 0.811. The SMILES string of the molecule is C=C(C)CNCC(C)(O)C(=O)OC. The van der Waals surface area contributed by atoms with E-state index < -0.39 is 11.6 Å². The zero-order chi connectivity index (χ0) is 10.5. The van der Waals surface area contributed by atoms with E-state index in [-0.39, 0.29) is 6.54 Å². The molecule has 0 aliphatic carbocycles. The van der Waals surface area contributed by atoms with Gasteiger partial charge in [0.25, 0.3) is 0 Å². The van der Waals surface area contributed by atoms with Crippen LogP contribution in [0.3, 0.4) is 0 Å². The number of esters is 1. The van der Waals surface area contributed by atoms with Gasteiger partial charge in [-0.15, -0.1) is 0 Å². The van der Waals surface area contributed by atoms with Crippen LogP contribution < -0.4 is 5.32 Å². The first-order chi connectivity index (χ1) is 5.90. The summed E-state index contributed by atoms with van der Waals surface area (Å²) in [6.07, 6.45) is 0. The summed E-state index contributed by atoms with van der Waals surface area (Å²) in [5.41, 5.74) is -0.523. The number of ether oxygens (including phenoxy) is 1. The van der Waals surface area contributed by atoms with E-state index in [1.807, 2.05) is 6.92 Å². The molecule has 13 heavy (non-hydrogen) atoms. The normalized spacial score (nSPS) is 14.8. The standard InChI is InChI=1S/C9H17NO3/c1-7(2)5-10-6-9(3,12)8(11)13-4/h10,12H,1,5-6H2,2-4H3. The van der Waals surface area contributed by atoms with Crippen LogP contribution >= 0.6 is 0 Å². The van der Waals surface area contributed by atoms with Gasteiger partial charge in [0.1, 0.15) is 0 Å². The number of aliphatic hydroxyl groups is 1. The Bertz CT molecular complexity index is 199. The third kappa shape index (κ3) is 4.65. The minimum absolute atomic E-state index is 0.159. The van der Waals surface area contributed by atoms with Crippen LogP contribution in [0.15, 0.2) is 12.2 Å². The fraction of sp³-hybridized carbons (Fsp3) is 0.667. The van der Waals surface area contributed by atoms with Gasteiger partial charge in [-0.25, -0.2) is 4.79 Å². The van der Waals surface area contributed by atoms with Crippen molar-refractivity contribution in [2.45, 2.75) is 19.4 Å². The molecule has 76 valence electrons. The summed E-state index contributed by atoms with van der Waals surface area (Å²) in [4.78, 5) is 11.0. The lowest BCUT2D eigenvalue weighted by molar-refractivity contribution is -0.159. The lowest BCUT2D eigenvalue weighted by Crippen LogP contribution is -2.45. The highest BCUT2D eigenvalue weighted by Gasteiger charge is 2.30. The second kappa shape index (κ2) is 4.99. The molecule has 0 aromatic rings. The van der Waals surface area contributed by atoms with Gasteiger partial charge in [0.05, 0.1) is 7.11 Å². The Morgan fingerprint density at radius 2 is 2.23 bits per heavy atom. The zero-order valence-corrected chi connectivity index (χ0v) is 8.39. The Hall–Kier alpha value is -0.870. The topological polar surface area (TPSA) is 58.6 Å². The third-order valence-corrected chi connectivity index (χ3v) is 1.52. The maximum absolute atomic E-state index is 11.0. The molecule has 0 fully saturated rings. The van der Waals surface area contributed by atoms with Gasteiger partial charge in [-0.2, -0.15) is 0 Å². The molecule has 0 radical (unpaired) electrons. The maximum atomic E-state index is 11.0. The molecule has 0 bridgehead atoms. The number of hydrogen-bond acceptors (Lipinski definition) is 4. The van der Waals surface area contributed by atoms with Crippen molar-refractivity contribution in [2.24, 2.45) is 0 Å². The molecule has 1 unspecified atom stereocenters. The van der Waals surface area contributed by atoms with Crippen molar-refractivity contribution in [3.63, 3.8) is 0 Å². The lowest BCUT2D eigenvalue weighted by atomic mass is 10.1. The van der Waals surface area contributed by atoms with E-state index >= 15 is 0 Å². The second-order valence-corrected chi connectivity index (χ2v) is 3.33. The summed E-state index contributed by atoms with van der Waals surface area (Å²) in [7, 11) is 1.25. The Labute approximate surface area is 78.6 Å². The Kier molecular flexibility index (Phi) is 4.66. The van der Waals surface area contributed by atoms with E-state index in [0.29, 0.717) is 6.54 Å². The van der Waals surface area contributed by atoms with Crippen LogP contribution in [-0.2, 0) is 9.53 Å². The largest absolute Gasteiger partial charge is 0.467 e. The maximum Gasteiger partial charge on any atom is 0.338 e. The van der Waals surface area contributed by atoms with Crippen LogP contribution in [-0.4, -0.2) is 36.9 Å². The lowest BCUT2D eigenvalue weighted by Gasteiger charge is -2.20. The van der Waals surface area contributed by atoms with E-state index in [1.54, 1.807) is 0 Å². The van der Waals surface area contributed by atoms with E-state index in [0.717, 1.165) is 5.57 Å². The Morgan fingerprint density at radius 3 is 2.62 bits per heavy atom. The first-order valence-electron chi connectivity index (χ1n) is 4.06. The average Bonchev–Trinajstić information content (AvgIpc) is 2.01. The van der Waals surface area contributed by atoms with Crippen molar-refractivity contribution in [1.82, 2.24) is 5.32 Å². The van der Waals surface area contributed by atoms with E-state index in [4.69, 9.17) is 0 Å². The summed E-state index contributed by atoms with van der Waals surface area (Å²) < 4.78 is 4.42. The molecule has 4 nitrogen and oxygen atoms in total. The fourth-order valence-electron chi connectivity index (χ4n) is 0.811. The van der Waals surface area contributed by atoms with Crippen LogP contribution in [0.1, 0.15) is 13.8 Å². The molecule has 0 aliphatic rings. The summed E-state index contributed by atoms with van der Waals surface area (Å²) in [6.45, 7) is 7.68. The van der Waals surface area contributed by atoms with Crippen molar-refractivity contribution in [1.29, 1.82) is 0 Å². The van der Waals surface area contributed by atoms with Gasteiger partial charge in [-0.3, -0.25) is 0 Å². The van der Waals surface area contributed by atoms with E-state index in [2.05, 4.69) is 16.6 Å². The molecule has 0 saturated carbocycles. The highest BCUT2D eigenvalue weighted by molar-refractivity contribution is 5.78. The van der Waals surface area contributed by atoms with Crippen molar-refractivity contribution in [2.75, 3.05) is 20.2 Å². The second-order valence-electron chi connectivity index (χ2n) is 3.33. The smallest absolute Gasteiger partial charge is 0.338 e. The number of nitrogens with one attached hydrogen (secondary N) is 1. The van der Waals surface area contributed by atoms with Gasteiger partial charge in [-0.1, -0.05) is 12.2 Å². The van der Waals surface area contributed by atoms with Crippen LogP contribution in [0.4, 0.5) is 0 Å². The van der Waals surface area contributed by atoms with Crippen LogP contribution in [0.5, 0.6) is 0 Å². The van der Waals surface area contributed by atoms with Crippen molar-refractivity contribution >= 4 is 5.97 Å². The predicted octanol–water partition coefficient (Wildman–Crippen LogP) is 0.0761. The molecule has 0 spiro atoms. The molecule has 1 atom stereocenters. The van der Waals surface area contributed by atoms with Gasteiger partial charge in [0.2, 0.25) is 0 Å². The molecular weight excluding hydrogens is 170 g/mol. The van der Waals surface area contributed by atoms with E-state index in [9.17, 15) is 9.90 Å². The zero-order valence-electron chi connectivity index (χ0n) is 8.39. The Balaban J connectivity index is 3.89. The van der Waals surface area contributed by atoms with Gasteiger partial charge < -0.3 is 15.2 Å². The molecular formula is C9H17NO3. The molecule has 4 heteroatoms. The molecule has 0 aliphatic heterocycles. The first kappa shape index (κ1) is 12.1. The minimum Gasteiger partial charge on any atom is -0.467 e. The number of carbonyl (C=O) groups excluding carboxylic acids is 1. The number of methoxy groups -OCH3 is 1. The van der Waals surface area contributed by atoms with Crippen LogP contribution in [0.2, 0.25) is 0 Å². The molecule has 2 N–H and O–H groups in total. The highest BCUT2D eigenvalue weighted by atomic mass is 16.5. The predicted molar refractivity (Wildman–Crippen MR) is 50.3 cm³/mol. The summed E-state index contributed by atoms with van der Waals surface area (Å²) in [5, 5.41) is 12.4. The summed E-state index contributed by atoms with van der Waals surface area (Å²) >= 11 is 0. The van der Waals surface area contributed by atoms with Gasteiger partial charge in [0.15, 0.2) is 5.60 Å². The first-order valence-corrected chi connectivity index (χ1v) is 4.06. The van der Waals surface area contributed by atoms with Crippen molar-refractivity contribution < 1.29 is 14.6 Å². The molecule has 0 aromatic heterocycles. The number of hydrogen-bond donors (Lipinski definition) is 2. The number of rotatable bonds is 5. The van der Waals surface area contributed by atoms with E-state index in [1.165, 1.54) is 14.0 Å². The molecule has 0 amide bonds. The molecule has 0 saturated heterocycles. The van der Waals surface area contributed by atoms with Crippen molar-refractivity contribution in [3.8, 4) is 0 Å². The molecule has 0 rings (SSSR count). The van der Waals surface area contributed by atoms with Crippen LogP contribution in [0.25, 0.3) is 0 Å². The van der Waals surface area contributed by atoms with Gasteiger partial charge in [-0.05, 0) is 13.8 Å². The third-order valence-electron chi connectivity index (χ3n) is 1.52. The molecule has 0 heterocycles.